The minimum atomic E-state index is 0.318. The van der Waals surface area contributed by atoms with E-state index in [4.69, 9.17) is 4.74 Å². The summed E-state index contributed by atoms with van der Waals surface area (Å²) in [5, 5.41) is 3.16. The first kappa shape index (κ1) is 13.1. The van der Waals surface area contributed by atoms with Gasteiger partial charge in [0.1, 0.15) is 18.0 Å². The number of hydrogen-bond donors (Lipinski definition) is 1. The minimum absolute atomic E-state index is 0.318. The lowest BCUT2D eigenvalue weighted by atomic mass is 10.0. The van der Waals surface area contributed by atoms with E-state index in [0.29, 0.717) is 12.0 Å². The van der Waals surface area contributed by atoms with Gasteiger partial charge in [-0.2, -0.15) is 0 Å². The Hall–Kier alpha value is -1.36. The molecule has 1 aromatic heterocycles. The first-order valence-corrected chi connectivity index (χ1v) is 6.47. The molecule has 0 amide bonds. The molecule has 0 bridgehead atoms. The molecule has 100 valence electrons. The highest BCUT2D eigenvalue weighted by Crippen LogP contribution is 2.32. The zero-order valence-corrected chi connectivity index (χ0v) is 11.6. The summed E-state index contributed by atoms with van der Waals surface area (Å²) in [5.74, 6) is 2.37. The van der Waals surface area contributed by atoms with Crippen LogP contribution in [-0.4, -0.2) is 43.3 Å². The smallest absolute Gasteiger partial charge is 0.137 e. The average Bonchev–Trinajstić information content (AvgIpc) is 2.86. The molecule has 5 nitrogen and oxygen atoms in total. The summed E-state index contributed by atoms with van der Waals surface area (Å²) in [7, 11) is 3.68. The summed E-state index contributed by atoms with van der Waals surface area (Å²) in [6.07, 6.45) is 3.01. The molecule has 2 rings (SSSR count). The van der Waals surface area contributed by atoms with Crippen molar-refractivity contribution < 1.29 is 4.74 Å². The highest BCUT2D eigenvalue weighted by Gasteiger charge is 2.26. The van der Waals surface area contributed by atoms with Gasteiger partial charge >= 0.3 is 0 Å². The van der Waals surface area contributed by atoms with E-state index in [0.717, 1.165) is 31.1 Å². The van der Waals surface area contributed by atoms with Gasteiger partial charge in [0.15, 0.2) is 0 Å². The summed E-state index contributed by atoms with van der Waals surface area (Å²) < 4.78 is 5.42. The second-order valence-electron chi connectivity index (χ2n) is 4.96. The van der Waals surface area contributed by atoms with Crippen molar-refractivity contribution in [2.24, 2.45) is 0 Å². The molecule has 1 fully saturated rings. The number of anilines is 2. The Labute approximate surface area is 109 Å². The third-order valence-electron chi connectivity index (χ3n) is 3.45. The molecule has 1 saturated heterocycles. The molecule has 0 saturated carbocycles. The van der Waals surface area contributed by atoms with Gasteiger partial charge in [-0.1, -0.05) is 13.8 Å². The Balaban J connectivity index is 2.32. The van der Waals surface area contributed by atoms with E-state index in [9.17, 15) is 0 Å². The maximum Gasteiger partial charge on any atom is 0.137 e. The van der Waals surface area contributed by atoms with E-state index in [2.05, 4.69) is 34.0 Å². The van der Waals surface area contributed by atoms with E-state index < -0.39 is 0 Å². The fourth-order valence-corrected chi connectivity index (χ4v) is 2.48. The molecule has 1 aliphatic rings. The van der Waals surface area contributed by atoms with Crippen LogP contribution in [0.15, 0.2) is 6.33 Å². The van der Waals surface area contributed by atoms with Crippen LogP contribution in [0, 0.1) is 0 Å². The number of ether oxygens (including phenoxy) is 1. The summed E-state index contributed by atoms with van der Waals surface area (Å²) in [6, 6.07) is 0. The Morgan fingerprint density at radius 1 is 1.44 bits per heavy atom. The van der Waals surface area contributed by atoms with Crippen molar-refractivity contribution in [2.75, 3.05) is 37.5 Å². The van der Waals surface area contributed by atoms with E-state index in [1.54, 1.807) is 13.4 Å². The van der Waals surface area contributed by atoms with Gasteiger partial charge in [0.05, 0.1) is 6.10 Å². The minimum Gasteiger partial charge on any atom is -0.380 e. The van der Waals surface area contributed by atoms with Crippen LogP contribution in [0.5, 0.6) is 0 Å². The first-order valence-electron chi connectivity index (χ1n) is 6.47. The molecule has 0 aliphatic carbocycles. The predicted molar refractivity (Wildman–Crippen MR) is 73.3 cm³/mol. The van der Waals surface area contributed by atoms with E-state index in [-0.39, 0.29) is 0 Å². The number of rotatable bonds is 4. The van der Waals surface area contributed by atoms with Crippen LogP contribution in [0.2, 0.25) is 0 Å². The molecule has 0 aromatic carbocycles. The zero-order chi connectivity index (χ0) is 13.1. The molecule has 1 N–H and O–H groups in total. The number of aromatic nitrogens is 2. The summed E-state index contributed by atoms with van der Waals surface area (Å²) >= 11 is 0. The molecular formula is C13H22N4O. The van der Waals surface area contributed by atoms with Crippen LogP contribution in [0.1, 0.15) is 31.7 Å². The van der Waals surface area contributed by atoms with Gasteiger partial charge in [-0.25, -0.2) is 9.97 Å². The number of nitrogens with one attached hydrogen (secondary N) is 1. The van der Waals surface area contributed by atoms with E-state index in [1.165, 1.54) is 5.56 Å². The summed E-state index contributed by atoms with van der Waals surface area (Å²) in [4.78, 5) is 11.1. The number of hydrogen-bond acceptors (Lipinski definition) is 5. The molecule has 18 heavy (non-hydrogen) atoms. The van der Waals surface area contributed by atoms with Crippen molar-refractivity contribution in [2.45, 2.75) is 32.3 Å². The van der Waals surface area contributed by atoms with E-state index >= 15 is 0 Å². The molecule has 0 spiro atoms. The Morgan fingerprint density at radius 2 is 2.22 bits per heavy atom. The normalized spacial score (nSPS) is 19.6. The molecule has 1 aliphatic heterocycles. The van der Waals surface area contributed by atoms with E-state index in [1.807, 2.05) is 7.05 Å². The maximum absolute atomic E-state index is 5.42. The van der Waals surface area contributed by atoms with Crippen molar-refractivity contribution in [3.8, 4) is 0 Å². The summed E-state index contributed by atoms with van der Waals surface area (Å²) in [5.41, 5.74) is 1.19. The molecule has 5 heteroatoms. The van der Waals surface area contributed by atoms with Gasteiger partial charge in [0.2, 0.25) is 0 Å². The Bertz CT molecular complexity index is 408. The highest BCUT2D eigenvalue weighted by molar-refractivity contribution is 5.60. The maximum atomic E-state index is 5.42. The van der Waals surface area contributed by atoms with Gasteiger partial charge in [-0.15, -0.1) is 0 Å². The molecule has 2 heterocycles. The van der Waals surface area contributed by atoms with Gasteiger partial charge in [0.25, 0.3) is 0 Å². The lowest BCUT2D eigenvalue weighted by Gasteiger charge is -2.23. The lowest BCUT2D eigenvalue weighted by molar-refractivity contribution is 0.121. The third-order valence-corrected chi connectivity index (χ3v) is 3.45. The van der Waals surface area contributed by atoms with Crippen LogP contribution >= 0.6 is 0 Å². The quantitative estimate of drug-likeness (QED) is 0.884. The van der Waals surface area contributed by atoms with Crippen molar-refractivity contribution in [1.82, 2.24) is 9.97 Å². The molecular weight excluding hydrogens is 228 g/mol. The molecule has 1 aromatic rings. The van der Waals surface area contributed by atoms with Crippen LogP contribution < -0.4 is 10.2 Å². The van der Waals surface area contributed by atoms with Crippen LogP contribution in [0.3, 0.4) is 0 Å². The topological polar surface area (TPSA) is 50.3 Å². The second kappa shape index (κ2) is 5.52. The van der Waals surface area contributed by atoms with Crippen LogP contribution in [0.4, 0.5) is 11.6 Å². The highest BCUT2D eigenvalue weighted by atomic mass is 16.5. The fraction of sp³-hybridized carbons (Fsp3) is 0.692. The monoisotopic (exact) mass is 250 g/mol. The Morgan fingerprint density at radius 3 is 2.78 bits per heavy atom. The first-order chi connectivity index (χ1) is 8.67. The average molecular weight is 250 g/mol. The fourth-order valence-electron chi connectivity index (χ4n) is 2.48. The largest absolute Gasteiger partial charge is 0.380 e. The van der Waals surface area contributed by atoms with Crippen LogP contribution in [0.25, 0.3) is 0 Å². The zero-order valence-electron chi connectivity index (χ0n) is 11.6. The third kappa shape index (κ3) is 2.41. The molecule has 1 atom stereocenters. The molecule has 1 unspecified atom stereocenters. The van der Waals surface area contributed by atoms with Crippen molar-refractivity contribution in [3.63, 3.8) is 0 Å². The lowest BCUT2D eigenvalue weighted by Crippen LogP contribution is -2.25. The number of nitrogens with zero attached hydrogens (tertiary/aromatic N) is 3. The standard InChI is InChI=1S/C13H22N4O/c1-9(2)11-12(14-3)15-8-16-13(11)17-6-5-10(7-17)18-4/h8-10H,5-7H2,1-4H3,(H,14,15,16). The van der Waals surface area contributed by atoms with Gasteiger partial charge < -0.3 is 15.0 Å². The van der Waals surface area contributed by atoms with Gasteiger partial charge in [-0.3, -0.25) is 0 Å². The van der Waals surface area contributed by atoms with Gasteiger partial charge in [0, 0.05) is 32.8 Å². The van der Waals surface area contributed by atoms with Crippen molar-refractivity contribution in [1.29, 1.82) is 0 Å². The SMILES string of the molecule is CNc1ncnc(N2CCC(OC)C2)c1C(C)C. The second-order valence-corrected chi connectivity index (χ2v) is 4.96. The Kier molecular flexibility index (Phi) is 4.01. The van der Waals surface area contributed by atoms with Crippen molar-refractivity contribution in [3.05, 3.63) is 11.9 Å². The molecule has 0 radical (unpaired) electrons. The summed E-state index contributed by atoms with van der Waals surface area (Å²) in [6.45, 7) is 6.26. The van der Waals surface area contributed by atoms with Crippen LogP contribution in [-0.2, 0) is 4.74 Å². The van der Waals surface area contributed by atoms with Gasteiger partial charge in [-0.05, 0) is 12.3 Å². The predicted octanol–water partition coefficient (Wildman–Crippen LogP) is 1.87. The van der Waals surface area contributed by atoms with Crippen molar-refractivity contribution >= 4 is 11.6 Å². The number of methoxy groups -OCH3 is 1.